The molecule has 2 unspecified atom stereocenters. The number of likely N-dealkylation sites (N-methyl/N-ethyl adjacent to an activating group) is 1. The molecule has 4 N–H and O–H groups in total. The number of likely N-dealkylation sites (tertiary alicyclic amines) is 1. The summed E-state index contributed by atoms with van der Waals surface area (Å²) in [5.41, 5.74) is 1.15. The average Bonchev–Trinajstić information content (AvgIpc) is 3.87. The normalized spacial score (nSPS) is 29.0. The van der Waals surface area contributed by atoms with Crippen LogP contribution in [0.25, 0.3) is 5.57 Å². The van der Waals surface area contributed by atoms with Crippen LogP contribution in [-0.4, -0.2) is 106 Å². The summed E-state index contributed by atoms with van der Waals surface area (Å²) < 4.78 is 61.1. The zero-order valence-electron chi connectivity index (χ0n) is 43.0. The number of nitrogens with zero attached hydrogens (tertiary/aromatic N) is 3. The largest absolute Gasteiger partial charge is 0.489 e. The van der Waals surface area contributed by atoms with Crippen molar-refractivity contribution in [1.82, 2.24) is 31.1 Å². The predicted octanol–water partition coefficient (Wildman–Crippen LogP) is 8.39. The standard InChI is InChI=1S/C56H71ClFN7O7S/c1-7-73(68,69)40-16-18-46(42(27-40)43-33-64(6)50(67)48-41(43)19-22-60-48)70-38-15-17-47(45(58)26-38)71-39-28-55(29-39)20-23-65(24-21-55)56(36-11-9-8-10-12-36)61-31-35(32-62-56)49(66)63-51-53(2,3)52(54(51,4)5)72-37-14-13-34(30-59)44(57)25-37/h13-18,25-27,33,35-36,39,41,48,51-52,60-62H,7-12,19-24,28-29,31-32H2,1-6H3,(H,63,66). The van der Waals surface area contributed by atoms with Gasteiger partial charge in [-0.2, -0.15) is 5.26 Å². The van der Waals surface area contributed by atoms with Crippen molar-refractivity contribution in [2.75, 3.05) is 45.5 Å². The van der Waals surface area contributed by atoms with E-state index in [1.807, 2.05) is 0 Å². The number of sulfone groups is 1. The van der Waals surface area contributed by atoms with Crippen molar-refractivity contribution in [3.63, 3.8) is 0 Å². The minimum atomic E-state index is -3.55. The van der Waals surface area contributed by atoms with E-state index in [1.165, 1.54) is 36.3 Å². The van der Waals surface area contributed by atoms with Crippen LogP contribution in [0.3, 0.4) is 0 Å². The first-order valence-corrected chi connectivity index (χ1v) is 28.5. The number of hydrogen-bond donors (Lipinski definition) is 4. The van der Waals surface area contributed by atoms with Gasteiger partial charge in [0.1, 0.15) is 35.2 Å². The summed E-state index contributed by atoms with van der Waals surface area (Å²) in [7, 11) is -1.86. The van der Waals surface area contributed by atoms with Crippen molar-refractivity contribution in [2.45, 2.75) is 134 Å². The highest BCUT2D eigenvalue weighted by atomic mass is 35.5. The summed E-state index contributed by atoms with van der Waals surface area (Å²) >= 11 is 6.33. The first kappa shape index (κ1) is 51.7. The molecule has 2 amide bonds. The molecule has 3 saturated carbocycles. The molecular weight excluding hydrogens is 969 g/mol. The summed E-state index contributed by atoms with van der Waals surface area (Å²) in [6.07, 6.45) is 11.8. The maximum Gasteiger partial charge on any atom is 0.244 e. The number of benzene rings is 3. The lowest BCUT2D eigenvalue weighted by molar-refractivity contribution is -0.175. The smallest absolute Gasteiger partial charge is 0.244 e. The van der Waals surface area contributed by atoms with Gasteiger partial charge >= 0.3 is 0 Å². The van der Waals surface area contributed by atoms with Gasteiger partial charge in [0.05, 0.1) is 39.3 Å². The number of ether oxygens (including phenoxy) is 3. The van der Waals surface area contributed by atoms with Crippen LogP contribution in [0, 0.1) is 51.1 Å². The Hall–Kier alpha value is -4.76. The molecule has 17 heteroatoms. The molecule has 392 valence electrons. The quantitative estimate of drug-likeness (QED) is 0.129. The molecule has 3 aromatic rings. The Bertz CT molecular complexity index is 2790. The van der Waals surface area contributed by atoms with E-state index in [-0.39, 0.29) is 80.3 Å². The second-order valence-electron chi connectivity index (χ2n) is 23.1. The number of piperidine rings is 1. The minimum Gasteiger partial charge on any atom is -0.489 e. The van der Waals surface area contributed by atoms with Crippen LogP contribution in [0.5, 0.6) is 23.0 Å². The molecule has 6 fully saturated rings. The SMILES string of the molecule is CCS(=O)(=O)c1ccc(Oc2ccc(OC3CC4(CCN(C5(C6CCCCC6)NCC(C(=O)NC6C(C)(C)C(Oc7ccc(C#N)c(Cl)c7)C6(C)C)CN5)CC4)C3)c(F)c2)c(C2=CN(C)C(=O)C3NCCC23)c1. The van der Waals surface area contributed by atoms with Crippen LogP contribution in [-0.2, 0) is 19.4 Å². The van der Waals surface area contributed by atoms with E-state index in [4.69, 9.17) is 25.8 Å². The molecular formula is C56H71ClFN7O7S. The zero-order chi connectivity index (χ0) is 51.7. The van der Waals surface area contributed by atoms with Gasteiger partial charge < -0.3 is 29.7 Å². The van der Waals surface area contributed by atoms with Crippen molar-refractivity contribution in [3.05, 3.63) is 82.8 Å². The van der Waals surface area contributed by atoms with Crippen LogP contribution in [0.15, 0.2) is 65.7 Å². The highest BCUT2D eigenvalue weighted by Crippen LogP contribution is 2.56. The topological polar surface area (TPSA) is 174 Å². The number of amides is 2. The number of halogens is 2. The number of rotatable bonds is 13. The molecule has 14 nitrogen and oxygen atoms in total. The highest BCUT2D eigenvalue weighted by molar-refractivity contribution is 7.91. The van der Waals surface area contributed by atoms with Gasteiger partial charge in [-0.3, -0.25) is 25.1 Å². The lowest BCUT2D eigenvalue weighted by Gasteiger charge is -2.63. The van der Waals surface area contributed by atoms with Crippen LogP contribution in [0.4, 0.5) is 4.39 Å². The fourth-order valence-corrected chi connectivity index (χ4v) is 15.2. The third-order valence-corrected chi connectivity index (χ3v) is 19.9. The van der Waals surface area contributed by atoms with Gasteiger partial charge in [-0.1, -0.05) is 65.5 Å². The molecule has 0 bridgehead atoms. The van der Waals surface area contributed by atoms with Gasteiger partial charge in [0.2, 0.25) is 11.8 Å². The Morgan fingerprint density at radius 1 is 0.918 bits per heavy atom. The van der Waals surface area contributed by atoms with Gasteiger partial charge in [0.25, 0.3) is 0 Å². The number of nitrogens with one attached hydrogen (secondary N) is 4. The zero-order valence-corrected chi connectivity index (χ0v) is 44.6. The lowest BCUT2D eigenvalue weighted by atomic mass is 9.49. The predicted molar refractivity (Wildman–Crippen MR) is 277 cm³/mol. The highest BCUT2D eigenvalue weighted by Gasteiger charge is 2.64. The summed E-state index contributed by atoms with van der Waals surface area (Å²) in [5, 5.41) is 24.3. The Morgan fingerprint density at radius 3 is 2.26 bits per heavy atom. The number of hydrogen-bond acceptors (Lipinski definition) is 12. The van der Waals surface area contributed by atoms with E-state index in [9.17, 15) is 23.3 Å². The van der Waals surface area contributed by atoms with E-state index in [0.717, 1.165) is 57.2 Å². The van der Waals surface area contributed by atoms with Crippen LogP contribution in [0.2, 0.25) is 5.02 Å². The molecule has 4 aliphatic heterocycles. The molecule has 0 radical (unpaired) electrons. The van der Waals surface area contributed by atoms with Gasteiger partial charge in [0.15, 0.2) is 21.4 Å². The maximum atomic E-state index is 15.9. The summed E-state index contributed by atoms with van der Waals surface area (Å²) in [5.74, 6) is 0.390. The Kier molecular flexibility index (Phi) is 14.0. The third-order valence-electron chi connectivity index (χ3n) is 17.9. The van der Waals surface area contributed by atoms with Crippen LogP contribution in [0.1, 0.15) is 110 Å². The van der Waals surface area contributed by atoms with E-state index >= 15 is 4.39 Å². The van der Waals surface area contributed by atoms with Crippen LogP contribution >= 0.6 is 11.6 Å². The Morgan fingerprint density at radius 2 is 1.60 bits per heavy atom. The van der Waals surface area contributed by atoms with E-state index in [1.54, 1.807) is 62.6 Å². The first-order valence-electron chi connectivity index (χ1n) is 26.4. The number of carbonyl (C=O) groups is 2. The van der Waals surface area contributed by atoms with Gasteiger partial charge in [-0.15, -0.1) is 0 Å². The molecule has 3 aliphatic carbocycles. The molecule has 3 aromatic carbocycles. The number of fused-ring (bicyclic) bond motifs is 1. The fraction of sp³-hybridized carbons (Fsp3) is 0.589. The molecule has 0 aromatic heterocycles. The molecule has 10 rings (SSSR count). The van der Waals surface area contributed by atoms with Crippen molar-refractivity contribution in [3.8, 4) is 29.1 Å². The van der Waals surface area contributed by atoms with E-state index < -0.39 is 27.5 Å². The Labute approximate surface area is 435 Å². The second-order valence-corrected chi connectivity index (χ2v) is 25.8. The van der Waals surface area contributed by atoms with E-state index in [0.29, 0.717) is 59.6 Å². The molecule has 4 heterocycles. The molecule has 3 saturated heterocycles. The van der Waals surface area contributed by atoms with Crippen molar-refractivity contribution in [2.24, 2.45) is 34.0 Å². The third kappa shape index (κ3) is 9.54. The van der Waals surface area contributed by atoms with Crippen LogP contribution < -0.4 is 35.5 Å². The minimum absolute atomic E-state index is 0.0333. The average molecular weight is 1040 g/mol. The van der Waals surface area contributed by atoms with Gasteiger partial charge in [-0.25, -0.2) is 12.8 Å². The van der Waals surface area contributed by atoms with Crippen molar-refractivity contribution >= 4 is 38.8 Å². The molecule has 1 spiro atoms. The van der Waals surface area contributed by atoms with Gasteiger partial charge in [-0.05, 0) is 105 Å². The molecule has 2 atom stereocenters. The summed E-state index contributed by atoms with van der Waals surface area (Å²) in [4.78, 5) is 31.4. The number of carbonyl (C=O) groups excluding carboxylic acids is 2. The summed E-state index contributed by atoms with van der Waals surface area (Å²) in [6.45, 7) is 13.7. The monoisotopic (exact) mass is 1040 g/mol. The maximum absolute atomic E-state index is 15.9. The molecule has 7 aliphatic rings. The number of nitriles is 1. The summed E-state index contributed by atoms with van der Waals surface area (Å²) in [6, 6.07) is 16.0. The Balaban J connectivity index is 0.750. The van der Waals surface area contributed by atoms with Gasteiger partial charge in [0, 0.05) is 85.8 Å². The molecule has 73 heavy (non-hydrogen) atoms. The fourth-order valence-electron chi connectivity index (χ4n) is 14.0. The lowest BCUT2D eigenvalue weighted by Crippen LogP contribution is -2.78. The van der Waals surface area contributed by atoms with Crippen molar-refractivity contribution < 1.29 is 36.6 Å². The van der Waals surface area contributed by atoms with E-state index in [2.05, 4.69) is 59.9 Å². The second kappa shape index (κ2) is 19.7. The first-order chi connectivity index (χ1) is 34.8. The van der Waals surface area contributed by atoms with Crippen molar-refractivity contribution in [1.29, 1.82) is 5.26 Å².